The summed E-state index contributed by atoms with van der Waals surface area (Å²) in [5, 5.41) is 59.8. The van der Waals surface area contributed by atoms with Crippen LogP contribution in [0.4, 0.5) is 0 Å². The molecule has 0 radical (unpaired) electrons. The maximum atomic E-state index is 11.8. The van der Waals surface area contributed by atoms with E-state index in [1.165, 1.54) is 0 Å². The number of carbonyl (C=O) groups is 2. The van der Waals surface area contributed by atoms with Gasteiger partial charge in [-0.1, -0.05) is 19.3 Å². The highest BCUT2D eigenvalue weighted by Gasteiger charge is 2.30. The van der Waals surface area contributed by atoms with Gasteiger partial charge in [-0.3, -0.25) is 9.59 Å². The van der Waals surface area contributed by atoms with Gasteiger partial charge in [-0.25, -0.2) is 0 Å². The molecule has 10 nitrogen and oxygen atoms in total. The Balaban J connectivity index is 3.89. The van der Waals surface area contributed by atoms with Crippen molar-refractivity contribution in [3.05, 3.63) is 0 Å². The summed E-state index contributed by atoms with van der Waals surface area (Å²) in [4.78, 5) is 23.5. The minimum atomic E-state index is -1.41. The minimum absolute atomic E-state index is 0.203. The zero-order valence-electron chi connectivity index (χ0n) is 15.7. The van der Waals surface area contributed by atoms with Crippen molar-refractivity contribution in [2.75, 3.05) is 39.6 Å². The van der Waals surface area contributed by atoms with Crippen molar-refractivity contribution < 1.29 is 40.2 Å². The average molecular weight is 394 g/mol. The van der Waals surface area contributed by atoms with Crippen LogP contribution in [0.5, 0.6) is 0 Å². The van der Waals surface area contributed by atoms with Gasteiger partial charge in [-0.2, -0.15) is 0 Å². The standard InChI is InChI=1S/C17H34N2O8/c20-8-16(9-21,10-22)18-14(26)6-4-2-1-3-5-7-15(27)19-17(11-23,12-24)13-25/h20-25H,1-13H2,(H,18,26)(H,19,27). The Kier molecular flexibility index (Phi) is 13.1. The van der Waals surface area contributed by atoms with E-state index in [-0.39, 0.29) is 24.7 Å². The third kappa shape index (κ3) is 9.45. The molecule has 0 saturated heterocycles. The Morgan fingerprint density at radius 1 is 0.519 bits per heavy atom. The molecular formula is C17H34N2O8. The molecule has 8 N–H and O–H groups in total. The number of carbonyl (C=O) groups excluding carboxylic acids is 2. The van der Waals surface area contributed by atoms with E-state index in [1.807, 2.05) is 0 Å². The molecule has 0 saturated carbocycles. The Morgan fingerprint density at radius 2 is 0.778 bits per heavy atom. The summed E-state index contributed by atoms with van der Waals surface area (Å²) in [5.74, 6) is -0.722. The van der Waals surface area contributed by atoms with Gasteiger partial charge < -0.3 is 41.3 Å². The molecule has 0 spiro atoms. The van der Waals surface area contributed by atoms with Gasteiger partial charge in [0, 0.05) is 12.8 Å². The van der Waals surface area contributed by atoms with E-state index in [9.17, 15) is 9.59 Å². The number of hydrogen-bond donors (Lipinski definition) is 8. The van der Waals surface area contributed by atoms with Crippen LogP contribution in [0.25, 0.3) is 0 Å². The number of amides is 2. The first-order chi connectivity index (χ1) is 12.9. The van der Waals surface area contributed by atoms with Crippen molar-refractivity contribution >= 4 is 11.8 Å². The fourth-order valence-electron chi connectivity index (χ4n) is 2.36. The van der Waals surface area contributed by atoms with Crippen LogP contribution in [0.3, 0.4) is 0 Å². The summed E-state index contributed by atoms with van der Waals surface area (Å²) in [7, 11) is 0. The highest BCUT2D eigenvalue weighted by Crippen LogP contribution is 2.10. The van der Waals surface area contributed by atoms with Crippen LogP contribution in [0, 0.1) is 0 Å². The molecule has 0 aliphatic rings. The summed E-state index contributed by atoms with van der Waals surface area (Å²) < 4.78 is 0. The molecule has 0 aromatic heterocycles. The van der Waals surface area contributed by atoms with Crippen molar-refractivity contribution in [1.82, 2.24) is 10.6 Å². The second-order valence-electron chi connectivity index (χ2n) is 6.87. The van der Waals surface area contributed by atoms with E-state index in [4.69, 9.17) is 30.6 Å². The average Bonchev–Trinajstić information content (AvgIpc) is 2.69. The lowest BCUT2D eigenvalue weighted by Crippen LogP contribution is -2.57. The summed E-state index contributed by atoms with van der Waals surface area (Å²) in [5.41, 5.74) is -2.81. The lowest BCUT2D eigenvalue weighted by atomic mass is 10.0. The highest BCUT2D eigenvalue weighted by atomic mass is 16.3. The van der Waals surface area contributed by atoms with Crippen molar-refractivity contribution in [3.8, 4) is 0 Å². The number of rotatable bonds is 16. The van der Waals surface area contributed by atoms with E-state index in [0.29, 0.717) is 12.8 Å². The molecule has 0 fully saturated rings. The van der Waals surface area contributed by atoms with Crippen molar-refractivity contribution in [2.45, 2.75) is 56.0 Å². The van der Waals surface area contributed by atoms with E-state index < -0.39 is 50.7 Å². The number of hydrogen-bond acceptors (Lipinski definition) is 8. The fourth-order valence-corrected chi connectivity index (χ4v) is 2.36. The molecule has 0 rings (SSSR count). The molecule has 0 unspecified atom stereocenters. The highest BCUT2D eigenvalue weighted by molar-refractivity contribution is 5.77. The summed E-state index contributed by atoms with van der Waals surface area (Å²) in [6.07, 6.45) is 3.91. The second-order valence-corrected chi connectivity index (χ2v) is 6.87. The van der Waals surface area contributed by atoms with Gasteiger partial charge in [0.2, 0.25) is 11.8 Å². The van der Waals surface area contributed by atoms with E-state index in [2.05, 4.69) is 10.6 Å². The molecule has 0 aliphatic carbocycles. The molecule has 2 amide bonds. The van der Waals surface area contributed by atoms with Gasteiger partial charge in [0.05, 0.1) is 39.6 Å². The lowest BCUT2D eigenvalue weighted by Gasteiger charge is -2.28. The van der Waals surface area contributed by atoms with Crippen LogP contribution >= 0.6 is 0 Å². The molecule has 27 heavy (non-hydrogen) atoms. The Bertz CT molecular complexity index is 371. The predicted molar refractivity (Wildman–Crippen MR) is 96.6 cm³/mol. The van der Waals surface area contributed by atoms with Crippen LogP contribution in [-0.2, 0) is 9.59 Å². The largest absolute Gasteiger partial charge is 0.394 e. The van der Waals surface area contributed by atoms with Gasteiger partial charge in [-0.05, 0) is 12.8 Å². The van der Waals surface area contributed by atoms with E-state index in [1.54, 1.807) is 0 Å². The second kappa shape index (κ2) is 13.8. The molecule has 0 aromatic carbocycles. The normalized spacial score (nSPS) is 12.1. The number of aliphatic hydroxyl groups is 6. The first kappa shape index (κ1) is 25.7. The summed E-state index contributed by atoms with van der Waals surface area (Å²) in [6, 6.07) is 0. The zero-order chi connectivity index (χ0) is 20.8. The first-order valence-corrected chi connectivity index (χ1v) is 9.13. The van der Waals surface area contributed by atoms with Crippen molar-refractivity contribution in [1.29, 1.82) is 0 Å². The van der Waals surface area contributed by atoms with Crippen LogP contribution in [-0.4, -0.2) is 93.2 Å². The van der Waals surface area contributed by atoms with Gasteiger partial charge in [-0.15, -0.1) is 0 Å². The number of aliphatic hydroxyl groups excluding tert-OH is 6. The Hall–Kier alpha value is -1.30. The Labute approximate surface area is 159 Å². The molecular weight excluding hydrogens is 360 g/mol. The zero-order valence-corrected chi connectivity index (χ0v) is 15.7. The molecule has 0 aromatic rings. The molecule has 0 atom stereocenters. The summed E-state index contributed by atoms with van der Waals surface area (Å²) in [6.45, 7) is -3.35. The number of unbranched alkanes of at least 4 members (excludes halogenated alkanes) is 4. The van der Waals surface area contributed by atoms with Crippen molar-refractivity contribution in [2.24, 2.45) is 0 Å². The third-order valence-electron chi connectivity index (χ3n) is 4.43. The monoisotopic (exact) mass is 394 g/mol. The van der Waals surface area contributed by atoms with E-state index in [0.717, 1.165) is 19.3 Å². The molecule has 0 heterocycles. The smallest absolute Gasteiger partial charge is 0.220 e. The van der Waals surface area contributed by atoms with Crippen LogP contribution in [0.2, 0.25) is 0 Å². The van der Waals surface area contributed by atoms with Crippen molar-refractivity contribution in [3.63, 3.8) is 0 Å². The van der Waals surface area contributed by atoms with Crippen LogP contribution in [0.1, 0.15) is 44.9 Å². The SMILES string of the molecule is O=C(CCCCCCCC(=O)NC(CO)(CO)CO)NC(CO)(CO)CO. The van der Waals surface area contributed by atoms with Crippen LogP contribution in [0.15, 0.2) is 0 Å². The number of nitrogens with one attached hydrogen (secondary N) is 2. The molecule has 0 aliphatic heterocycles. The maximum absolute atomic E-state index is 11.8. The van der Waals surface area contributed by atoms with E-state index >= 15 is 0 Å². The predicted octanol–water partition coefficient (Wildman–Crippen LogP) is -2.62. The molecule has 10 heteroatoms. The van der Waals surface area contributed by atoms with Crippen LogP contribution < -0.4 is 10.6 Å². The molecule has 0 bridgehead atoms. The first-order valence-electron chi connectivity index (χ1n) is 9.13. The van der Waals surface area contributed by atoms with Gasteiger partial charge in [0.1, 0.15) is 11.1 Å². The maximum Gasteiger partial charge on any atom is 0.220 e. The van der Waals surface area contributed by atoms with Gasteiger partial charge in [0.25, 0.3) is 0 Å². The van der Waals surface area contributed by atoms with Gasteiger partial charge in [0.15, 0.2) is 0 Å². The summed E-state index contributed by atoms with van der Waals surface area (Å²) >= 11 is 0. The Morgan fingerprint density at radius 3 is 1.04 bits per heavy atom. The lowest BCUT2D eigenvalue weighted by molar-refractivity contribution is -0.126. The quantitative estimate of drug-likeness (QED) is 0.131. The topological polar surface area (TPSA) is 180 Å². The van der Waals surface area contributed by atoms with Gasteiger partial charge >= 0.3 is 0 Å². The molecule has 160 valence electrons. The third-order valence-corrected chi connectivity index (χ3v) is 4.43. The minimum Gasteiger partial charge on any atom is -0.394 e. The fraction of sp³-hybridized carbons (Fsp3) is 0.882.